The normalized spacial score (nSPS) is 16.4. The zero-order valence-electron chi connectivity index (χ0n) is 16.5. The molecule has 1 atom stereocenters. The van der Waals surface area contributed by atoms with Crippen LogP contribution in [0.1, 0.15) is 17.6 Å². The van der Waals surface area contributed by atoms with Crippen LogP contribution in [0.2, 0.25) is 5.02 Å². The van der Waals surface area contributed by atoms with Crippen LogP contribution in [0.15, 0.2) is 6.07 Å². The van der Waals surface area contributed by atoms with Crippen LogP contribution >= 0.6 is 11.6 Å². The Morgan fingerprint density at radius 3 is 2.13 bits per heavy atom. The van der Waals surface area contributed by atoms with Gasteiger partial charge >= 0.3 is 6.18 Å². The number of nitrogens with zero attached hydrogens (tertiary/aromatic N) is 6. The van der Waals surface area contributed by atoms with Crippen LogP contribution in [0.4, 0.5) is 19.1 Å². The minimum atomic E-state index is -4.71. The molecule has 3 heterocycles. The van der Waals surface area contributed by atoms with Crippen molar-refractivity contribution in [3.63, 3.8) is 0 Å². The van der Waals surface area contributed by atoms with Crippen LogP contribution in [-0.4, -0.2) is 71.3 Å². The van der Waals surface area contributed by atoms with Gasteiger partial charge in [0.2, 0.25) is 17.7 Å². The lowest BCUT2D eigenvalue weighted by Crippen LogP contribution is -2.50. The zero-order chi connectivity index (χ0) is 22.1. The van der Waals surface area contributed by atoms with Gasteiger partial charge in [-0.3, -0.25) is 9.69 Å². The molecule has 164 valence electrons. The molecule has 0 spiro atoms. The minimum absolute atomic E-state index is 0.0735. The fourth-order valence-electron chi connectivity index (χ4n) is 3.16. The lowest BCUT2D eigenvalue weighted by Gasteiger charge is -2.37. The predicted octanol–water partition coefficient (Wildman–Crippen LogP) is 2.19. The summed E-state index contributed by atoms with van der Waals surface area (Å²) in [7, 11) is 2.95. The number of halogens is 4. The van der Waals surface area contributed by atoms with Gasteiger partial charge in [-0.25, -0.2) is 4.68 Å². The summed E-state index contributed by atoms with van der Waals surface area (Å²) in [5.74, 6) is 1.07. The van der Waals surface area contributed by atoms with Crippen molar-refractivity contribution >= 4 is 23.8 Å². The minimum Gasteiger partial charge on any atom is -0.481 e. The van der Waals surface area contributed by atoms with E-state index in [9.17, 15) is 18.0 Å². The Balaban J connectivity index is 1.78. The third kappa shape index (κ3) is 4.29. The number of alkyl halides is 3. The molecule has 30 heavy (non-hydrogen) atoms. The summed E-state index contributed by atoms with van der Waals surface area (Å²) in [4.78, 5) is 23.9. The summed E-state index contributed by atoms with van der Waals surface area (Å²) >= 11 is 5.81. The first-order valence-corrected chi connectivity index (χ1v) is 9.30. The summed E-state index contributed by atoms with van der Waals surface area (Å²) < 4.78 is 50.6. The molecule has 0 amide bonds. The van der Waals surface area contributed by atoms with Gasteiger partial charge in [0.1, 0.15) is 0 Å². The van der Waals surface area contributed by atoms with E-state index in [2.05, 4.69) is 15.1 Å². The second-order valence-corrected chi connectivity index (χ2v) is 6.89. The highest BCUT2D eigenvalue weighted by Gasteiger charge is 2.40. The zero-order valence-corrected chi connectivity index (χ0v) is 17.2. The molecule has 1 aliphatic rings. The molecular formula is C17H20ClF3N6O3. The summed E-state index contributed by atoms with van der Waals surface area (Å²) in [6.45, 7) is 2.99. The molecule has 1 unspecified atom stereocenters. The summed E-state index contributed by atoms with van der Waals surface area (Å²) in [5, 5.41) is 3.06. The van der Waals surface area contributed by atoms with Gasteiger partial charge in [-0.05, 0) is 6.92 Å². The Bertz CT molecular complexity index is 893. The van der Waals surface area contributed by atoms with E-state index in [1.165, 1.54) is 21.1 Å². The number of hydrogen-bond donors (Lipinski definition) is 0. The van der Waals surface area contributed by atoms with Gasteiger partial charge in [0.15, 0.2) is 18.1 Å². The van der Waals surface area contributed by atoms with E-state index in [4.69, 9.17) is 21.1 Å². The number of piperazine rings is 1. The Labute approximate surface area is 175 Å². The van der Waals surface area contributed by atoms with Gasteiger partial charge < -0.3 is 14.4 Å². The lowest BCUT2D eigenvalue weighted by molar-refractivity contribution is -0.142. The molecule has 2 aromatic heterocycles. The number of carbonyl (C=O) groups excluding carboxylic acids is 1. The molecule has 1 aliphatic heterocycles. The second-order valence-electron chi connectivity index (χ2n) is 6.52. The number of methoxy groups -OCH3 is 2. The molecule has 0 N–H and O–H groups in total. The topological polar surface area (TPSA) is 85.6 Å². The maximum atomic E-state index is 13.1. The largest absolute Gasteiger partial charge is 0.481 e. The van der Waals surface area contributed by atoms with Crippen molar-refractivity contribution in [2.45, 2.75) is 19.3 Å². The fourth-order valence-corrected chi connectivity index (χ4v) is 3.40. The number of rotatable bonds is 6. The number of hydrogen-bond acceptors (Lipinski definition) is 8. The van der Waals surface area contributed by atoms with Gasteiger partial charge in [-0.2, -0.15) is 28.2 Å². The van der Waals surface area contributed by atoms with Gasteiger partial charge in [-0.1, -0.05) is 11.6 Å². The van der Waals surface area contributed by atoms with Crippen molar-refractivity contribution < 1.29 is 27.4 Å². The predicted molar refractivity (Wildman–Crippen MR) is 101 cm³/mol. The quantitative estimate of drug-likeness (QED) is 0.622. The number of aldehydes is 1. The molecule has 1 saturated heterocycles. The summed E-state index contributed by atoms with van der Waals surface area (Å²) in [6, 6.07) is 1.55. The second kappa shape index (κ2) is 8.64. The van der Waals surface area contributed by atoms with Crippen molar-refractivity contribution in [2.75, 3.05) is 45.3 Å². The first-order valence-electron chi connectivity index (χ1n) is 8.92. The molecule has 0 saturated carbocycles. The van der Waals surface area contributed by atoms with Gasteiger partial charge in [0.25, 0.3) is 0 Å². The maximum absolute atomic E-state index is 13.1. The van der Waals surface area contributed by atoms with Crippen molar-refractivity contribution in [2.24, 2.45) is 0 Å². The molecule has 2 aromatic rings. The highest BCUT2D eigenvalue weighted by molar-refractivity contribution is 6.32. The van der Waals surface area contributed by atoms with E-state index < -0.39 is 23.1 Å². The SMILES string of the molecule is COc1cc(OC)nc(N2CCN(C(C=O)n3nc(C(F)(F)F)c(Cl)c3C)CC2)n1. The van der Waals surface area contributed by atoms with Crippen LogP contribution in [0, 0.1) is 6.92 Å². The Kier molecular flexibility index (Phi) is 6.36. The third-order valence-corrected chi connectivity index (χ3v) is 5.23. The molecule has 9 nitrogen and oxygen atoms in total. The Hall–Kier alpha value is -2.60. The van der Waals surface area contributed by atoms with E-state index >= 15 is 0 Å². The molecule has 0 radical (unpaired) electrons. The Morgan fingerprint density at radius 1 is 1.13 bits per heavy atom. The van der Waals surface area contributed by atoms with Crippen molar-refractivity contribution in [3.05, 3.63) is 22.5 Å². The number of anilines is 1. The molecule has 0 aromatic carbocycles. The van der Waals surface area contributed by atoms with Crippen LogP contribution < -0.4 is 14.4 Å². The molecule has 1 fully saturated rings. The highest BCUT2D eigenvalue weighted by atomic mass is 35.5. The molecular weight excluding hydrogens is 429 g/mol. The highest BCUT2D eigenvalue weighted by Crippen LogP contribution is 2.36. The lowest BCUT2D eigenvalue weighted by atomic mass is 10.3. The summed E-state index contributed by atoms with van der Waals surface area (Å²) in [6.07, 6.45) is -5.17. The third-order valence-electron chi connectivity index (χ3n) is 4.77. The Morgan fingerprint density at radius 2 is 1.70 bits per heavy atom. The smallest absolute Gasteiger partial charge is 0.436 e. The fraction of sp³-hybridized carbons (Fsp3) is 0.529. The average Bonchev–Trinajstić information content (AvgIpc) is 3.04. The maximum Gasteiger partial charge on any atom is 0.436 e. The molecule has 0 bridgehead atoms. The van der Waals surface area contributed by atoms with E-state index in [1.54, 1.807) is 11.0 Å². The number of ether oxygens (including phenoxy) is 2. The molecule has 3 rings (SSSR count). The van der Waals surface area contributed by atoms with Crippen LogP contribution in [0.3, 0.4) is 0 Å². The van der Waals surface area contributed by atoms with Gasteiger partial charge in [0, 0.05) is 26.2 Å². The van der Waals surface area contributed by atoms with Crippen LogP contribution in [0.25, 0.3) is 0 Å². The standard InChI is InChI=1S/C17H20ClF3N6O3/c1-10-14(18)15(17(19,20)21)24-27(10)13(9-28)25-4-6-26(7-5-25)16-22-11(29-2)8-12(23-16)30-3/h8-9,13H,4-7H2,1-3H3. The first-order chi connectivity index (χ1) is 14.2. The molecule has 0 aliphatic carbocycles. The van der Waals surface area contributed by atoms with Gasteiger partial charge in [-0.15, -0.1) is 0 Å². The van der Waals surface area contributed by atoms with E-state index in [0.717, 1.165) is 4.68 Å². The monoisotopic (exact) mass is 448 g/mol. The van der Waals surface area contributed by atoms with Crippen molar-refractivity contribution in [3.8, 4) is 11.8 Å². The number of carbonyl (C=O) groups is 1. The van der Waals surface area contributed by atoms with E-state index in [-0.39, 0.29) is 5.69 Å². The summed E-state index contributed by atoms with van der Waals surface area (Å²) in [5.41, 5.74) is -1.13. The van der Waals surface area contributed by atoms with Crippen LogP contribution in [-0.2, 0) is 11.0 Å². The van der Waals surface area contributed by atoms with Crippen LogP contribution in [0.5, 0.6) is 11.8 Å². The van der Waals surface area contributed by atoms with E-state index in [0.29, 0.717) is 50.2 Å². The average molecular weight is 449 g/mol. The number of aromatic nitrogens is 4. The first kappa shape index (κ1) is 22.1. The van der Waals surface area contributed by atoms with Gasteiger partial charge in [0.05, 0.1) is 31.0 Å². The van der Waals surface area contributed by atoms with Crippen molar-refractivity contribution in [1.82, 2.24) is 24.6 Å². The molecule has 13 heteroatoms. The van der Waals surface area contributed by atoms with E-state index in [1.807, 2.05) is 4.90 Å². The van der Waals surface area contributed by atoms with Crippen molar-refractivity contribution in [1.29, 1.82) is 0 Å².